The molecule has 2 heterocycles. The second-order valence-electron chi connectivity index (χ2n) is 4.36. The van der Waals surface area contributed by atoms with Crippen LogP contribution in [0.5, 0.6) is 0 Å². The maximum absolute atomic E-state index is 12.1. The van der Waals surface area contributed by atoms with Gasteiger partial charge in [0.1, 0.15) is 0 Å². The van der Waals surface area contributed by atoms with E-state index in [4.69, 9.17) is 9.83 Å². The standard InChI is InChI=1S/C14H13N3O2.BrH/c1-16-10-5-2-3-6-11(10)17(14(16)15)9-12(18)13-7-4-8-19-13;/h2-8,15H,9H2,1H3;1H. The normalized spacial score (nSPS) is 10.4. The molecule has 0 radical (unpaired) electrons. The van der Waals surface area contributed by atoms with Crippen molar-refractivity contribution in [3.63, 3.8) is 0 Å². The number of benzene rings is 1. The highest BCUT2D eigenvalue weighted by atomic mass is 79.9. The number of furan rings is 1. The Labute approximate surface area is 125 Å². The van der Waals surface area contributed by atoms with Gasteiger partial charge in [-0.3, -0.25) is 10.2 Å². The monoisotopic (exact) mass is 335 g/mol. The van der Waals surface area contributed by atoms with E-state index in [0.717, 1.165) is 11.0 Å². The number of Topliss-reactive ketones (excluding diaryl/α,β-unsaturated/α-hetero) is 1. The number of nitrogens with zero attached hydrogens (tertiary/aromatic N) is 2. The van der Waals surface area contributed by atoms with Crippen molar-refractivity contribution in [3.8, 4) is 0 Å². The first-order valence-corrected chi connectivity index (χ1v) is 5.94. The minimum Gasteiger partial charge on any atom is -0.461 e. The number of ketones is 1. The Morgan fingerprint density at radius 1 is 1.20 bits per heavy atom. The van der Waals surface area contributed by atoms with Gasteiger partial charge >= 0.3 is 0 Å². The summed E-state index contributed by atoms with van der Waals surface area (Å²) in [5.41, 5.74) is 2.09. The van der Waals surface area contributed by atoms with Crippen LogP contribution >= 0.6 is 17.0 Å². The fourth-order valence-corrected chi connectivity index (χ4v) is 2.20. The van der Waals surface area contributed by atoms with E-state index in [1.54, 1.807) is 21.3 Å². The molecule has 0 unspecified atom stereocenters. The number of carbonyl (C=O) groups is 1. The zero-order valence-electron chi connectivity index (χ0n) is 10.9. The van der Waals surface area contributed by atoms with E-state index in [1.807, 2.05) is 31.3 Å². The summed E-state index contributed by atoms with van der Waals surface area (Å²) in [6.45, 7) is 0.105. The minimum atomic E-state index is -0.139. The Balaban J connectivity index is 0.00000147. The van der Waals surface area contributed by atoms with Crippen molar-refractivity contribution in [2.75, 3.05) is 0 Å². The zero-order chi connectivity index (χ0) is 13.4. The first kappa shape index (κ1) is 14.3. The van der Waals surface area contributed by atoms with Gasteiger partial charge in [-0.15, -0.1) is 17.0 Å². The minimum absolute atomic E-state index is 0. The van der Waals surface area contributed by atoms with Gasteiger partial charge in [0.15, 0.2) is 5.76 Å². The van der Waals surface area contributed by atoms with Crippen molar-refractivity contribution in [1.29, 1.82) is 5.41 Å². The lowest BCUT2D eigenvalue weighted by molar-refractivity contribution is 0.0944. The molecule has 0 fully saturated rings. The van der Waals surface area contributed by atoms with E-state index < -0.39 is 0 Å². The lowest BCUT2D eigenvalue weighted by Gasteiger charge is -2.01. The third-order valence-corrected chi connectivity index (χ3v) is 3.20. The molecule has 0 amide bonds. The van der Waals surface area contributed by atoms with Crippen molar-refractivity contribution in [2.45, 2.75) is 6.54 Å². The Kier molecular flexibility index (Phi) is 3.94. The number of hydrogen-bond donors (Lipinski definition) is 1. The number of imidazole rings is 1. The predicted molar refractivity (Wildman–Crippen MR) is 80.1 cm³/mol. The highest BCUT2D eigenvalue weighted by Crippen LogP contribution is 2.12. The quantitative estimate of drug-likeness (QED) is 0.747. The van der Waals surface area contributed by atoms with Crippen molar-refractivity contribution in [2.24, 2.45) is 7.05 Å². The number of hydrogen-bond acceptors (Lipinski definition) is 3. The van der Waals surface area contributed by atoms with Gasteiger partial charge in [-0.1, -0.05) is 12.1 Å². The maximum atomic E-state index is 12.1. The topological polar surface area (TPSA) is 63.9 Å². The van der Waals surface area contributed by atoms with Gasteiger partial charge in [0, 0.05) is 7.05 Å². The molecule has 0 saturated heterocycles. The van der Waals surface area contributed by atoms with Crippen LogP contribution < -0.4 is 5.62 Å². The average molecular weight is 336 g/mol. The highest BCUT2D eigenvalue weighted by molar-refractivity contribution is 8.93. The molecule has 2 aromatic heterocycles. The van der Waals surface area contributed by atoms with Crippen molar-refractivity contribution >= 4 is 33.8 Å². The number of aromatic nitrogens is 2. The molecule has 20 heavy (non-hydrogen) atoms. The van der Waals surface area contributed by atoms with Gasteiger partial charge in [-0.2, -0.15) is 0 Å². The van der Waals surface area contributed by atoms with Gasteiger partial charge in [-0.25, -0.2) is 0 Å². The van der Waals surface area contributed by atoms with E-state index in [0.29, 0.717) is 11.4 Å². The number of para-hydroxylation sites is 2. The summed E-state index contributed by atoms with van der Waals surface area (Å²) in [4.78, 5) is 12.1. The first-order chi connectivity index (χ1) is 9.18. The molecule has 0 atom stereocenters. The molecule has 0 aliphatic rings. The highest BCUT2D eigenvalue weighted by Gasteiger charge is 2.14. The van der Waals surface area contributed by atoms with E-state index in [9.17, 15) is 4.79 Å². The summed E-state index contributed by atoms with van der Waals surface area (Å²) < 4.78 is 8.53. The largest absolute Gasteiger partial charge is 0.461 e. The summed E-state index contributed by atoms with van der Waals surface area (Å²) in [5, 5.41) is 8.09. The van der Waals surface area contributed by atoms with E-state index >= 15 is 0 Å². The Bertz CT molecular complexity index is 800. The van der Waals surface area contributed by atoms with Crippen LogP contribution in [0, 0.1) is 5.41 Å². The molecule has 3 rings (SSSR count). The van der Waals surface area contributed by atoms with E-state index in [-0.39, 0.29) is 29.3 Å². The summed E-state index contributed by atoms with van der Waals surface area (Å²) in [7, 11) is 1.82. The van der Waals surface area contributed by atoms with Gasteiger partial charge in [0.2, 0.25) is 11.4 Å². The number of carbonyl (C=O) groups excluding carboxylic acids is 1. The predicted octanol–water partition coefficient (Wildman–Crippen LogP) is 2.51. The van der Waals surface area contributed by atoms with Crippen LogP contribution in [0.25, 0.3) is 11.0 Å². The van der Waals surface area contributed by atoms with Crippen LogP contribution in [-0.4, -0.2) is 14.9 Å². The summed E-state index contributed by atoms with van der Waals surface area (Å²) in [6.07, 6.45) is 1.47. The molecule has 3 aromatic rings. The SMILES string of the molecule is Br.Cn1c(=N)n(CC(=O)c2ccco2)c2ccccc21. The molecular formula is C14H14BrN3O2. The zero-order valence-corrected chi connectivity index (χ0v) is 12.6. The molecule has 104 valence electrons. The second-order valence-corrected chi connectivity index (χ2v) is 4.36. The van der Waals surface area contributed by atoms with Crippen LogP contribution in [0.15, 0.2) is 47.1 Å². The second kappa shape index (κ2) is 5.50. The van der Waals surface area contributed by atoms with Crippen molar-refractivity contribution in [3.05, 3.63) is 54.0 Å². The molecule has 0 spiro atoms. The number of fused-ring (bicyclic) bond motifs is 1. The molecule has 0 aliphatic heterocycles. The smallest absolute Gasteiger partial charge is 0.217 e. The van der Waals surface area contributed by atoms with Crippen LogP contribution in [0.1, 0.15) is 10.6 Å². The van der Waals surface area contributed by atoms with Gasteiger partial charge < -0.3 is 13.6 Å². The van der Waals surface area contributed by atoms with Crippen LogP contribution in [0.3, 0.4) is 0 Å². The summed E-state index contributed by atoms with van der Waals surface area (Å²) >= 11 is 0. The van der Waals surface area contributed by atoms with Gasteiger partial charge in [0.05, 0.1) is 23.8 Å². The molecule has 1 aromatic carbocycles. The Morgan fingerprint density at radius 3 is 2.55 bits per heavy atom. The Hall–Kier alpha value is -2.08. The average Bonchev–Trinajstić information content (AvgIpc) is 3.03. The molecule has 6 heteroatoms. The van der Waals surface area contributed by atoms with Crippen LogP contribution in [0.4, 0.5) is 0 Å². The van der Waals surface area contributed by atoms with Crippen LogP contribution in [-0.2, 0) is 13.6 Å². The fourth-order valence-electron chi connectivity index (χ4n) is 2.20. The first-order valence-electron chi connectivity index (χ1n) is 5.94. The maximum Gasteiger partial charge on any atom is 0.217 e. The van der Waals surface area contributed by atoms with Gasteiger partial charge in [-0.05, 0) is 24.3 Å². The Morgan fingerprint density at radius 2 is 1.90 bits per heavy atom. The molecule has 0 bridgehead atoms. The summed E-state index contributed by atoms with van der Waals surface area (Å²) in [6, 6.07) is 11.0. The third kappa shape index (κ3) is 2.22. The molecule has 0 saturated carbocycles. The lowest BCUT2D eigenvalue weighted by atomic mass is 10.3. The lowest BCUT2D eigenvalue weighted by Crippen LogP contribution is -2.25. The number of nitrogens with one attached hydrogen (secondary N) is 1. The number of rotatable bonds is 3. The van der Waals surface area contributed by atoms with E-state index in [2.05, 4.69) is 0 Å². The van der Waals surface area contributed by atoms with E-state index in [1.165, 1.54) is 6.26 Å². The fraction of sp³-hybridized carbons (Fsp3) is 0.143. The van der Waals surface area contributed by atoms with Crippen molar-refractivity contribution < 1.29 is 9.21 Å². The molecular weight excluding hydrogens is 322 g/mol. The molecule has 5 nitrogen and oxygen atoms in total. The van der Waals surface area contributed by atoms with Crippen LogP contribution in [0.2, 0.25) is 0 Å². The number of aryl methyl sites for hydroxylation is 1. The van der Waals surface area contributed by atoms with Gasteiger partial charge in [0.25, 0.3) is 0 Å². The third-order valence-electron chi connectivity index (χ3n) is 3.20. The summed E-state index contributed by atoms with van der Waals surface area (Å²) in [5.74, 6) is 0.180. The number of halogens is 1. The van der Waals surface area contributed by atoms with Crippen molar-refractivity contribution in [1.82, 2.24) is 9.13 Å². The molecule has 0 aliphatic carbocycles. The molecule has 1 N–H and O–H groups in total.